The Morgan fingerprint density at radius 1 is 1.12 bits per heavy atom. The molecule has 0 saturated carbocycles. The molecule has 7 nitrogen and oxygen atoms in total. The van der Waals surface area contributed by atoms with Gasteiger partial charge in [0.2, 0.25) is 0 Å². The highest BCUT2D eigenvalue weighted by Gasteiger charge is 2.25. The monoisotopic (exact) mass is 380 g/mol. The van der Waals surface area contributed by atoms with Crippen molar-refractivity contribution in [2.75, 3.05) is 13.7 Å². The third-order valence-electron chi connectivity index (χ3n) is 3.72. The van der Waals surface area contributed by atoms with Crippen molar-refractivity contribution < 1.29 is 14.3 Å². The number of rotatable bonds is 7. The van der Waals surface area contributed by atoms with Crippen LogP contribution in [0.4, 0.5) is 0 Å². The zero-order valence-electron chi connectivity index (χ0n) is 15.9. The number of ether oxygens (including phenoxy) is 1. The quantitative estimate of drug-likeness (QED) is 0.421. The summed E-state index contributed by atoms with van der Waals surface area (Å²) in [4.78, 5) is 24.9. The first-order chi connectivity index (χ1) is 12.3. The summed E-state index contributed by atoms with van der Waals surface area (Å²) >= 11 is 5.12. The molecule has 0 fully saturated rings. The van der Waals surface area contributed by atoms with Gasteiger partial charge in [-0.1, -0.05) is 32.0 Å². The van der Waals surface area contributed by atoms with E-state index < -0.39 is 6.04 Å². The van der Waals surface area contributed by atoms with E-state index >= 15 is 0 Å². The van der Waals surface area contributed by atoms with Crippen molar-refractivity contribution in [1.29, 1.82) is 0 Å². The van der Waals surface area contributed by atoms with Crippen molar-refractivity contribution in [2.24, 2.45) is 5.92 Å². The average Bonchev–Trinajstić information content (AvgIpc) is 2.57. The van der Waals surface area contributed by atoms with E-state index in [1.54, 1.807) is 19.2 Å². The smallest absolute Gasteiger partial charge is 0.261 e. The maximum absolute atomic E-state index is 12.5. The third-order valence-corrected chi connectivity index (χ3v) is 3.94. The van der Waals surface area contributed by atoms with Crippen LogP contribution in [0.1, 0.15) is 36.7 Å². The summed E-state index contributed by atoms with van der Waals surface area (Å²) in [6.07, 6.45) is 0. The molecular weight excluding hydrogens is 352 g/mol. The highest BCUT2D eigenvalue weighted by Crippen LogP contribution is 2.09. The molecule has 0 heterocycles. The number of carbonyl (C=O) groups excluding carboxylic acids is 2. The van der Waals surface area contributed by atoms with E-state index in [9.17, 15) is 9.59 Å². The number of amides is 2. The van der Waals surface area contributed by atoms with Crippen molar-refractivity contribution in [3.8, 4) is 0 Å². The second-order valence-corrected chi connectivity index (χ2v) is 6.86. The number of hydrazine groups is 1. The maximum Gasteiger partial charge on any atom is 0.261 e. The average molecular weight is 381 g/mol. The van der Waals surface area contributed by atoms with Gasteiger partial charge in [0.15, 0.2) is 5.11 Å². The molecule has 0 unspecified atom stereocenters. The molecule has 0 aliphatic rings. The molecule has 1 aromatic carbocycles. The lowest BCUT2D eigenvalue weighted by molar-refractivity contribution is -0.124. The van der Waals surface area contributed by atoms with Gasteiger partial charge in [-0.3, -0.25) is 20.4 Å². The van der Waals surface area contributed by atoms with Crippen LogP contribution in [0.5, 0.6) is 0 Å². The summed E-state index contributed by atoms with van der Waals surface area (Å²) in [5, 5.41) is 6.03. The van der Waals surface area contributed by atoms with E-state index in [4.69, 9.17) is 17.0 Å². The van der Waals surface area contributed by atoms with Crippen LogP contribution in [-0.2, 0) is 9.53 Å². The molecular formula is C18H28N4O3S. The molecule has 1 rings (SSSR count). The first-order valence-electron chi connectivity index (χ1n) is 8.48. The molecule has 0 aliphatic heterocycles. The Balaban J connectivity index is 2.63. The first kappa shape index (κ1) is 21.9. The molecule has 144 valence electrons. The molecule has 0 bridgehead atoms. The first-order valence-corrected chi connectivity index (χ1v) is 8.88. The highest BCUT2D eigenvalue weighted by atomic mass is 32.1. The molecule has 2 amide bonds. The van der Waals surface area contributed by atoms with Crippen LogP contribution in [0, 0.1) is 12.8 Å². The van der Waals surface area contributed by atoms with Crippen molar-refractivity contribution in [3.05, 3.63) is 35.4 Å². The number of aryl methyl sites for hydroxylation is 1. The molecule has 4 N–H and O–H groups in total. The van der Waals surface area contributed by atoms with Gasteiger partial charge in [-0.2, -0.15) is 0 Å². The lowest BCUT2D eigenvalue weighted by Gasteiger charge is -2.23. The van der Waals surface area contributed by atoms with Crippen LogP contribution in [0.3, 0.4) is 0 Å². The Kier molecular flexibility index (Phi) is 9.01. The fraction of sp³-hybridized carbons (Fsp3) is 0.500. The van der Waals surface area contributed by atoms with Crippen LogP contribution in [0.2, 0.25) is 0 Å². The van der Waals surface area contributed by atoms with E-state index in [0.717, 1.165) is 5.56 Å². The summed E-state index contributed by atoms with van der Waals surface area (Å²) in [5.41, 5.74) is 6.58. The van der Waals surface area contributed by atoms with Gasteiger partial charge in [-0.15, -0.1) is 0 Å². The summed E-state index contributed by atoms with van der Waals surface area (Å²) in [6, 6.07) is 6.54. The van der Waals surface area contributed by atoms with Crippen LogP contribution >= 0.6 is 12.2 Å². The molecule has 8 heteroatoms. The second-order valence-electron chi connectivity index (χ2n) is 6.45. The molecule has 0 saturated heterocycles. The van der Waals surface area contributed by atoms with Crippen LogP contribution in [0.25, 0.3) is 0 Å². The Morgan fingerprint density at radius 2 is 1.77 bits per heavy atom. The summed E-state index contributed by atoms with van der Waals surface area (Å²) < 4.78 is 5.01. The summed E-state index contributed by atoms with van der Waals surface area (Å²) in [6.45, 7) is 7.96. The van der Waals surface area contributed by atoms with Crippen LogP contribution in [-0.4, -0.2) is 42.7 Å². The number of benzene rings is 1. The Hall–Kier alpha value is -2.19. The van der Waals surface area contributed by atoms with Gasteiger partial charge in [0.05, 0.1) is 6.61 Å². The predicted octanol–water partition coefficient (Wildman–Crippen LogP) is 1.28. The van der Waals surface area contributed by atoms with Crippen molar-refractivity contribution in [1.82, 2.24) is 21.5 Å². The fourth-order valence-corrected chi connectivity index (χ4v) is 2.58. The van der Waals surface area contributed by atoms with E-state index in [1.165, 1.54) is 0 Å². The van der Waals surface area contributed by atoms with E-state index in [0.29, 0.717) is 12.2 Å². The number of nitrogens with one attached hydrogen (secondary N) is 4. The molecule has 0 radical (unpaired) electrons. The van der Waals surface area contributed by atoms with Gasteiger partial charge in [-0.05, 0) is 43.6 Å². The lowest BCUT2D eigenvalue weighted by Crippen LogP contribution is -2.56. The lowest BCUT2D eigenvalue weighted by atomic mass is 10.0. The maximum atomic E-state index is 12.5. The molecule has 0 aliphatic carbocycles. The third kappa shape index (κ3) is 6.97. The van der Waals surface area contributed by atoms with Gasteiger partial charge in [0.25, 0.3) is 11.8 Å². The molecule has 0 aromatic heterocycles. The zero-order chi connectivity index (χ0) is 19.7. The van der Waals surface area contributed by atoms with Gasteiger partial charge in [0, 0.05) is 18.7 Å². The van der Waals surface area contributed by atoms with Gasteiger partial charge in [-0.25, -0.2) is 0 Å². The number of hydrogen-bond acceptors (Lipinski definition) is 4. The second kappa shape index (κ2) is 10.7. The summed E-state index contributed by atoms with van der Waals surface area (Å²) in [5.74, 6) is -0.754. The minimum absolute atomic E-state index is 0.00134. The zero-order valence-corrected chi connectivity index (χ0v) is 16.7. The number of hydrogen-bond donors (Lipinski definition) is 4. The molecule has 0 spiro atoms. The van der Waals surface area contributed by atoms with Crippen LogP contribution in [0.15, 0.2) is 24.3 Å². The standard InChI is InChI=1S/C18H28N4O3S/c1-11(2)15(20-16(23)14-9-7-6-8-12(14)3)17(24)21-22-18(26)19-13(4)10-25-5/h6-9,11,13,15H,10H2,1-5H3,(H,20,23)(H,21,24)(H2,19,22,26)/t13-,15+/m1/s1. The van der Waals surface area contributed by atoms with E-state index in [-0.39, 0.29) is 28.9 Å². The van der Waals surface area contributed by atoms with Gasteiger partial charge in [0.1, 0.15) is 6.04 Å². The topological polar surface area (TPSA) is 91.5 Å². The Labute approximate surface area is 160 Å². The highest BCUT2D eigenvalue weighted by molar-refractivity contribution is 7.80. The SMILES string of the molecule is COC[C@@H](C)NC(=S)NNC(=O)[C@@H](NC(=O)c1ccccc1C)C(C)C. The van der Waals surface area contributed by atoms with Crippen molar-refractivity contribution in [2.45, 2.75) is 39.8 Å². The minimum atomic E-state index is -0.700. The minimum Gasteiger partial charge on any atom is -0.383 e. The Morgan fingerprint density at radius 3 is 2.35 bits per heavy atom. The van der Waals surface area contributed by atoms with Crippen LogP contribution < -0.4 is 21.5 Å². The van der Waals surface area contributed by atoms with E-state index in [2.05, 4.69) is 21.5 Å². The van der Waals surface area contributed by atoms with Crippen molar-refractivity contribution in [3.63, 3.8) is 0 Å². The number of thiocarbonyl (C=S) groups is 1. The normalized spacial score (nSPS) is 12.8. The number of methoxy groups -OCH3 is 1. The largest absolute Gasteiger partial charge is 0.383 e. The van der Waals surface area contributed by atoms with E-state index in [1.807, 2.05) is 39.8 Å². The molecule has 1 aromatic rings. The summed E-state index contributed by atoms with van der Waals surface area (Å²) in [7, 11) is 1.60. The Bertz CT molecular complexity index is 637. The van der Waals surface area contributed by atoms with Crippen molar-refractivity contribution >= 4 is 29.1 Å². The van der Waals surface area contributed by atoms with Gasteiger partial charge < -0.3 is 15.4 Å². The van der Waals surface area contributed by atoms with Gasteiger partial charge >= 0.3 is 0 Å². The predicted molar refractivity (Wildman–Crippen MR) is 106 cm³/mol. The number of carbonyl (C=O) groups is 2. The molecule has 2 atom stereocenters. The molecule has 26 heavy (non-hydrogen) atoms. The fourth-order valence-electron chi connectivity index (χ4n) is 2.33.